The Morgan fingerprint density at radius 1 is 1.13 bits per heavy atom. The molecule has 0 saturated carbocycles. The SMILES string of the molecule is Cc1ccc(OCC(=O)NCCNC(=O)c2ccco2)c(C)c1. The maximum Gasteiger partial charge on any atom is 0.287 e. The van der Waals surface area contributed by atoms with Gasteiger partial charge in [0, 0.05) is 13.1 Å². The van der Waals surface area contributed by atoms with Gasteiger partial charge in [-0.15, -0.1) is 0 Å². The average Bonchev–Trinajstić information content (AvgIpc) is 3.05. The van der Waals surface area contributed by atoms with E-state index in [1.165, 1.54) is 6.26 Å². The maximum atomic E-state index is 11.7. The molecule has 1 aromatic heterocycles. The summed E-state index contributed by atoms with van der Waals surface area (Å²) in [6.07, 6.45) is 1.43. The predicted octanol–water partition coefficient (Wildman–Crippen LogP) is 1.82. The second kappa shape index (κ2) is 8.03. The summed E-state index contributed by atoms with van der Waals surface area (Å²) < 4.78 is 10.4. The standard InChI is InChI=1S/C17H20N2O4/c1-12-5-6-14(13(2)10-12)23-11-16(20)18-7-8-19-17(21)15-4-3-9-22-15/h3-6,9-10H,7-8,11H2,1-2H3,(H,18,20)(H,19,21). The van der Waals surface area contributed by atoms with Gasteiger partial charge in [0.15, 0.2) is 12.4 Å². The van der Waals surface area contributed by atoms with E-state index in [4.69, 9.17) is 9.15 Å². The molecule has 23 heavy (non-hydrogen) atoms. The summed E-state index contributed by atoms with van der Waals surface area (Å²) in [5.41, 5.74) is 2.13. The highest BCUT2D eigenvalue weighted by atomic mass is 16.5. The number of rotatable bonds is 7. The average molecular weight is 316 g/mol. The Balaban J connectivity index is 1.64. The highest BCUT2D eigenvalue weighted by molar-refractivity contribution is 5.91. The van der Waals surface area contributed by atoms with Gasteiger partial charge in [0.1, 0.15) is 5.75 Å². The summed E-state index contributed by atoms with van der Waals surface area (Å²) in [6.45, 7) is 4.51. The molecule has 2 rings (SSSR count). The number of benzene rings is 1. The Bertz CT molecular complexity index is 665. The highest BCUT2D eigenvalue weighted by Gasteiger charge is 2.08. The Morgan fingerprint density at radius 2 is 1.91 bits per heavy atom. The third kappa shape index (κ3) is 5.18. The molecule has 0 aliphatic rings. The molecule has 0 fully saturated rings. The largest absolute Gasteiger partial charge is 0.484 e. The molecule has 6 heteroatoms. The summed E-state index contributed by atoms with van der Waals surface area (Å²) >= 11 is 0. The first-order valence-electron chi connectivity index (χ1n) is 7.34. The fourth-order valence-electron chi connectivity index (χ4n) is 2.03. The van der Waals surface area contributed by atoms with Crippen LogP contribution < -0.4 is 15.4 Å². The summed E-state index contributed by atoms with van der Waals surface area (Å²) in [5.74, 6) is 0.388. The van der Waals surface area contributed by atoms with E-state index in [0.717, 1.165) is 11.1 Å². The van der Waals surface area contributed by atoms with Gasteiger partial charge >= 0.3 is 0 Å². The van der Waals surface area contributed by atoms with Crippen molar-refractivity contribution in [1.29, 1.82) is 0 Å². The zero-order valence-electron chi connectivity index (χ0n) is 13.2. The lowest BCUT2D eigenvalue weighted by atomic mass is 10.1. The molecule has 0 atom stereocenters. The number of ether oxygens (including phenoxy) is 1. The van der Waals surface area contributed by atoms with Crippen LogP contribution in [0.3, 0.4) is 0 Å². The smallest absolute Gasteiger partial charge is 0.287 e. The molecule has 0 aliphatic heterocycles. The molecular weight excluding hydrogens is 296 g/mol. The van der Waals surface area contributed by atoms with E-state index in [9.17, 15) is 9.59 Å². The molecule has 1 heterocycles. The second-order valence-corrected chi connectivity index (χ2v) is 5.14. The molecule has 2 N–H and O–H groups in total. The Hall–Kier alpha value is -2.76. The number of nitrogens with one attached hydrogen (secondary N) is 2. The van der Waals surface area contributed by atoms with Crippen molar-refractivity contribution >= 4 is 11.8 Å². The van der Waals surface area contributed by atoms with Crippen LogP contribution in [0.2, 0.25) is 0 Å². The fraction of sp³-hybridized carbons (Fsp3) is 0.294. The maximum absolute atomic E-state index is 11.7. The first-order chi connectivity index (χ1) is 11.1. The summed E-state index contributed by atoms with van der Waals surface area (Å²) in [6, 6.07) is 9.00. The van der Waals surface area contributed by atoms with E-state index in [2.05, 4.69) is 10.6 Å². The van der Waals surface area contributed by atoms with E-state index in [1.54, 1.807) is 12.1 Å². The molecule has 2 aromatic rings. The molecule has 122 valence electrons. The lowest BCUT2D eigenvalue weighted by molar-refractivity contribution is -0.123. The summed E-state index contributed by atoms with van der Waals surface area (Å²) in [7, 11) is 0. The number of hydrogen-bond acceptors (Lipinski definition) is 4. The number of aryl methyl sites for hydroxylation is 2. The van der Waals surface area contributed by atoms with Gasteiger partial charge in [-0.05, 0) is 37.6 Å². The third-order valence-electron chi connectivity index (χ3n) is 3.17. The van der Waals surface area contributed by atoms with Crippen LogP contribution in [0.4, 0.5) is 0 Å². The van der Waals surface area contributed by atoms with Gasteiger partial charge in [0.2, 0.25) is 0 Å². The molecule has 0 spiro atoms. The van der Waals surface area contributed by atoms with Crippen molar-refractivity contribution in [3.05, 3.63) is 53.5 Å². The van der Waals surface area contributed by atoms with E-state index < -0.39 is 0 Å². The lowest BCUT2D eigenvalue weighted by Crippen LogP contribution is -2.36. The van der Waals surface area contributed by atoms with E-state index in [0.29, 0.717) is 18.8 Å². The molecular formula is C17H20N2O4. The number of amides is 2. The normalized spacial score (nSPS) is 10.2. The number of hydrogen-bond donors (Lipinski definition) is 2. The predicted molar refractivity (Wildman–Crippen MR) is 85.5 cm³/mol. The topological polar surface area (TPSA) is 80.6 Å². The van der Waals surface area contributed by atoms with Crippen LogP contribution in [-0.2, 0) is 4.79 Å². The van der Waals surface area contributed by atoms with Crippen molar-refractivity contribution in [1.82, 2.24) is 10.6 Å². The third-order valence-corrected chi connectivity index (χ3v) is 3.17. The second-order valence-electron chi connectivity index (χ2n) is 5.14. The van der Waals surface area contributed by atoms with E-state index in [1.807, 2.05) is 32.0 Å². The quantitative estimate of drug-likeness (QED) is 0.764. The monoisotopic (exact) mass is 316 g/mol. The summed E-state index contributed by atoms with van der Waals surface area (Å²) in [5, 5.41) is 5.32. The van der Waals surface area contributed by atoms with Crippen molar-refractivity contribution < 1.29 is 18.7 Å². The van der Waals surface area contributed by atoms with Crippen molar-refractivity contribution in [2.45, 2.75) is 13.8 Å². The molecule has 0 aliphatic carbocycles. The van der Waals surface area contributed by atoms with Gasteiger partial charge < -0.3 is 19.8 Å². The molecule has 0 bridgehead atoms. The van der Waals surface area contributed by atoms with Crippen molar-refractivity contribution in [2.24, 2.45) is 0 Å². The molecule has 2 amide bonds. The zero-order chi connectivity index (χ0) is 16.7. The van der Waals surface area contributed by atoms with Gasteiger partial charge in [-0.3, -0.25) is 9.59 Å². The first kappa shape index (κ1) is 16.6. The van der Waals surface area contributed by atoms with Crippen LogP contribution in [-0.4, -0.2) is 31.5 Å². The van der Waals surface area contributed by atoms with Crippen LogP contribution in [0.15, 0.2) is 41.0 Å². The van der Waals surface area contributed by atoms with Crippen molar-refractivity contribution in [3.8, 4) is 5.75 Å². The van der Waals surface area contributed by atoms with Gasteiger partial charge in [0.25, 0.3) is 11.8 Å². The molecule has 1 aromatic carbocycles. The van der Waals surface area contributed by atoms with Gasteiger partial charge in [-0.1, -0.05) is 17.7 Å². The van der Waals surface area contributed by atoms with Crippen LogP contribution in [0.5, 0.6) is 5.75 Å². The Morgan fingerprint density at radius 3 is 2.61 bits per heavy atom. The van der Waals surface area contributed by atoms with E-state index in [-0.39, 0.29) is 24.2 Å². The minimum Gasteiger partial charge on any atom is -0.484 e. The number of carbonyl (C=O) groups is 2. The van der Waals surface area contributed by atoms with Gasteiger partial charge in [-0.2, -0.15) is 0 Å². The zero-order valence-corrected chi connectivity index (χ0v) is 13.2. The van der Waals surface area contributed by atoms with Crippen LogP contribution in [0.25, 0.3) is 0 Å². The van der Waals surface area contributed by atoms with Crippen LogP contribution in [0.1, 0.15) is 21.7 Å². The molecule has 6 nitrogen and oxygen atoms in total. The summed E-state index contributed by atoms with van der Waals surface area (Å²) in [4.78, 5) is 23.3. The van der Waals surface area contributed by atoms with Crippen molar-refractivity contribution in [3.63, 3.8) is 0 Å². The highest BCUT2D eigenvalue weighted by Crippen LogP contribution is 2.18. The first-order valence-corrected chi connectivity index (χ1v) is 7.34. The number of carbonyl (C=O) groups excluding carboxylic acids is 2. The molecule has 0 saturated heterocycles. The van der Waals surface area contributed by atoms with E-state index >= 15 is 0 Å². The lowest BCUT2D eigenvalue weighted by Gasteiger charge is -2.10. The van der Waals surface area contributed by atoms with Crippen LogP contribution >= 0.6 is 0 Å². The fourth-order valence-corrected chi connectivity index (χ4v) is 2.03. The Kier molecular flexibility index (Phi) is 5.80. The Labute approximate surface area is 134 Å². The van der Waals surface area contributed by atoms with Crippen LogP contribution in [0, 0.1) is 13.8 Å². The minimum atomic E-state index is -0.309. The molecule has 0 radical (unpaired) electrons. The minimum absolute atomic E-state index is 0.0595. The number of furan rings is 1. The molecule has 0 unspecified atom stereocenters. The van der Waals surface area contributed by atoms with Crippen molar-refractivity contribution in [2.75, 3.05) is 19.7 Å². The van der Waals surface area contributed by atoms with Gasteiger partial charge in [-0.25, -0.2) is 0 Å². The van der Waals surface area contributed by atoms with Gasteiger partial charge in [0.05, 0.1) is 6.26 Å².